The van der Waals surface area contributed by atoms with Crippen molar-refractivity contribution in [2.75, 3.05) is 0 Å². The van der Waals surface area contributed by atoms with E-state index in [2.05, 4.69) is 5.10 Å². The number of nitrogens with two attached hydrogens (primary N) is 1. The molecule has 0 aliphatic heterocycles. The molecule has 0 amide bonds. The van der Waals surface area contributed by atoms with E-state index in [1.165, 1.54) is 0 Å². The van der Waals surface area contributed by atoms with Crippen LogP contribution in [0.3, 0.4) is 0 Å². The van der Waals surface area contributed by atoms with Gasteiger partial charge in [0.2, 0.25) is 5.89 Å². The monoisotopic (exact) mass is 381 g/mol. The Kier molecular flexibility index (Phi) is 5.20. The Hall–Kier alpha value is -3.19. The molecule has 0 saturated carbocycles. The van der Waals surface area contributed by atoms with E-state index in [0.29, 0.717) is 10.2 Å². The van der Waals surface area contributed by atoms with Gasteiger partial charge in [0.25, 0.3) is 0 Å². The van der Waals surface area contributed by atoms with Crippen LogP contribution in [0.4, 0.5) is 4.79 Å². The quantitative estimate of drug-likeness (QED) is 0.743. The van der Waals surface area contributed by atoms with Gasteiger partial charge in [-0.15, -0.1) is 5.10 Å². The van der Waals surface area contributed by atoms with Crippen LogP contribution >= 0.6 is 0 Å². The molecule has 7 nitrogen and oxygen atoms in total. The van der Waals surface area contributed by atoms with Gasteiger partial charge in [-0.1, -0.05) is 46.6 Å². The second kappa shape index (κ2) is 7.44. The van der Waals surface area contributed by atoms with Gasteiger partial charge in [0.1, 0.15) is 5.60 Å². The number of aromatic nitrogens is 2. The van der Waals surface area contributed by atoms with Gasteiger partial charge in [-0.2, -0.15) is 0 Å². The zero-order valence-corrected chi connectivity index (χ0v) is 16.3. The summed E-state index contributed by atoms with van der Waals surface area (Å²) < 4.78 is 10.9. The molecule has 2 aromatic carbocycles. The summed E-state index contributed by atoms with van der Waals surface area (Å²) in [7, 11) is 0. The van der Waals surface area contributed by atoms with Gasteiger partial charge >= 0.3 is 11.8 Å². The Labute approximate surface area is 162 Å². The molecular formula is C21H23N3O4. The van der Waals surface area contributed by atoms with Crippen LogP contribution in [-0.4, -0.2) is 21.5 Å². The molecule has 1 heterocycles. The maximum atomic E-state index is 12.1. The minimum absolute atomic E-state index is 0.0221. The van der Waals surface area contributed by atoms with Crippen LogP contribution in [0.1, 0.15) is 43.5 Å². The number of aryl methyl sites for hydroxylation is 1. The molecule has 0 saturated heterocycles. The van der Waals surface area contributed by atoms with Crippen molar-refractivity contribution < 1.29 is 13.9 Å². The molecule has 0 fully saturated rings. The third-order valence-electron chi connectivity index (χ3n) is 4.04. The van der Waals surface area contributed by atoms with E-state index in [-0.39, 0.29) is 11.9 Å². The lowest BCUT2D eigenvalue weighted by Crippen LogP contribution is -2.32. The number of nitrogens with zero attached hydrogens (tertiary/aromatic N) is 2. The van der Waals surface area contributed by atoms with Crippen molar-refractivity contribution in [3.63, 3.8) is 0 Å². The third-order valence-corrected chi connectivity index (χ3v) is 4.04. The van der Waals surface area contributed by atoms with E-state index < -0.39 is 17.5 Å². The molecule has 0 unspecified atom stereocenters. The van der Waals surface area contributed by atoms with Crippen LogP contribution in [0.25, 0.3) is 11.5 Å². The highest BCUT2D eigenvalue weighted by molar-refractivity contribution is 5.70. The summed E-state index contributed by atoms with van der Waals surface area (Å²) >= 11 is 0. The SMILES string of the molecule is Cc1ccc([C@H](N)c2cccc(-c3nn(C(=O)OC(C)(C)C)c(=O)o3)c2)cc1. The molecule has 0 aliphatic carbocycles. The van der Waals surface area contributed by atoms with Gasteiger partial charge in [-0.05, 0) is 51.0 Å². The van der Waals surface area contributed by atoms with E-state index in [1.54, 1.807) is 39.0 Å². The predicted octanol–water partition coefficient (Wildman–Crippen LogP) is 3.64. The first kappa shape index (κ1) is 19.6. The van der Waals surface area contributed by atoms with Gasteiger partial charge < -0.3 is 14.9 Å². The standard InChI is InChI=1S/C21H23N3O4/c1-13-8-10-14(11-9-13)17(22)15-6-5-7-16(12-15)18-23-24(19(25)27-18)20(26)28-21(2,3)4/h5-12,17H,22H2,1-4H3/t17-/m0/s1. The van der Waals surface area contributed by atoms with Gasteiger partial charge in [-0.25, -0.2) is 9.59 Å². The molecule has 7 heteroatoms. The van der Waals surface area contributed by atoms with E-state index in [9.17, 15) is 9.59 Å². The highest BCUT2D eigenvalue weighted by Gasteiger charge is 2.23. The summed E-state index contributed by atoms with van der Waals surface area (Å²) in [5.41, 5.74) is 9.10. The van der Waals surface area contributed by atoms with Gasteiger partial charge in [-0.3, -0.25) is 0 Å². The molecule has 1 atom stereocenters. The minimum Gasteiger partial charge on any atom is -0.442 e. The van der Waals surface area contributed by atoms with Crippen LogP contribution in [0.5, 0.6) is 0 Å². The molecule has 0 bridgehead atoms. The zero-order chi connectivity index (χ0) is 20.5. The molecule has 3 rings (SSSR count). The van der Waals surface area contributed by atoms with E-state index in [4.69, 9.17) is 14.9 Å². The van der Waals surface area contributed by atoms with Crippen molar-refractivity contribution in [1.29, 1.82) is 0 Å². The molecule has 0 radical (unpaired) electrons. The zero-order valence-electron chi connectivity index (χ0n) is 16.3. The van der Waals surface area contributed by atoms with Gasteiger partial charge in [0.05, 0.1) is 6.04 Å². The first-order valence-electron chi connectivity index (χ1n) is 8.90. The van der Waals surface area contributed by atoms with E-state index >= 15 is 0 Å². The maximum absolute atomic E-state index is 12.1. The van der Waals surface area contributed by atoms with E-state index in [1.807, 2.05) is 37.3 Å². The number of rotatable bonds is 3. The molecule has 2 N–H and O–H groups in total. The lowest BCUT2D eigenvalue weighted by atomic mass is 9.97. The second-order valence-corrected chi connectivity index (χ2v) is 7.58. The molecule has 0 aliphatic rings. The third kappa shape index (κ3) is 4.37. The Morgan fingerprint density at radius 1 is 1.14 bits per heavy atom. The molecule has 3 aromatic rings. The van der Waals surface area contributed by atoms with Crippen molar-refractivity contribution in [2.45, 2.75) is 39.3 Å². The Morgan fingerprint density at radius 2 is 1.82 bits per heavy atom. The first-order chi connectivity index (χ1) is 13.1. The highest BCUT2D eigenvalue weighted by Crippen LogP contribution is 2.24. The van der Waals surface area contributed by atoms with E-state index in [0.717, 1.165) is 16.7 Å². The normalized spacial score (nSPS) is 12.6. The van der Waals surface area contributed by atoms with Crippen LogP contribution in [0, 0.1) is 6.92 Å². The maximum Gasteiger partial charge on any atom is 0.447 e. The number of ether oxygens (including phenoxy) is 1. The number of benzene rings is 2. The molecular weight excluding hydrogens is 358 g/mol. The van der Waals surface area contributed by atoms with Crippen molar-refractivity contribution >= 4 is 6.09 Å². The summed E-state index contributed by atoms with van der Waals surface area (Å²) in [5.74, 6) is -0.883. The number of hydrogen-bond acceptors (Lipinski definition) is 6. The average molecular weight is 381 g/mol. The van der Waals surface area contributed by atoms with Crippen LogP contribution in [0.15, 0.2) is 57.7 Å². The molecule has 1 aromatic heterocycles. The van der Waals surface area contributed by atoms with Crippen molar-refractivity contribution in [3.05, 3.63) is 75.8 Å². The fourth-order valence-corrected chi connectivity index (χ4v) is 2.65. The van der Waals surface area contributed by atoms with Gasteiger partial charge in [0.15, 0.2) is 0 Å². The lowest BCUT2D eigenvalue weighted by molar-refractivity contribution is 0.0503. The highest BCUT2D eigenvalue weighted by atomic mass is 16.6. The fourth-order valence-electron chi connectivity index (χ4n) is 2.65. The molecule has 0 spiro atoms. The van der Waals surface area contributed by atoms with Crippen molar-refractivity contribution in [1.82, 2.24) is 9.78 Å². The Morgan fingerprint density at radius 3 is 2.46 bits per heavy atom. The Bertz CT molecular complexity index is 1040. The topological polar surface area (TPSA) is 100 Å². The Balaban J connectivity index is 1.90. The molecule has 28 heavy (non-hydrogen) atoms. The fraction of sp³-hybridized carbons (Fsp3) is 0.286. The molecule has 146 valence electrons. The average Bonchev–Trinajstić information content (AvgIpc) is 3.02. The van der Waals surface area contributed by atoms with Crippen LogP contribution < -0.4 is 11.5 Å². The van der Waals surface area contributed by atoms with Crippen molar-refractivity contribution in [3.8, 4) is 11.5 Å². The summed E-state index contributed by atoms with van der Waals surface area (Å²) in [6, 6.07) is 14.8. The minimum atomic E-state index is -0.905. The second-order valence-electron chi connectivity index (χ2n) is 7.58. The van der Waals surface area contributed by atoms with Crippen LogP contribution in [0.2, 0.25) is 0 Å². The summed E-state index contributed by atoms with van der Waals surface area (Å²) in [6.45, 7) is 7.12. The predicted molar refractivity (Wildman–Crippen MR) is 105 cm³/mol. The number of hydrogen-bond donors (Lipinski definition) is 1. The number of carbonyl (C=O) groups excluding carboxylic acids is 1. The summed E-state index contributed by atoms with van der Waals surface area (Å²) in [5, 5.41) is 3.97. The van der Waals surface area contributed by atoms with Crippen LogP contribution in [-0.2, 0) is 4.74 Å². The summed E-state index contributed by atoms with van der Waals surface area (Å²) in [6.07, 6.45) is -0.889. The number of carbonyl (C=O) groups is 1. The van der Waals surface area contributed by atoms with Crippen molar-refractivity contribution in [2.24, 2.45) is 5.73 Å². The lowest BCUT2D eigenvalue weighted by Gasteiger charge is -2.18. The van der Waals surface area contributed by atoms with Gasteiger partial charge in [0, 0.05) is 5.56 Å². The largest absolute Gasteiger partial charge is 0.447 e. The summed E-state index contributed by atoms with van der Waals surface area (Å²) in [4.78, 5) is 24.1. The smallest absolute Gasteiger partial charge is 0.442 e. The first-order valence-corrected chi connectivity index (χ1v) is 8.90.